The lowest BCUT2D eigenvalue weighted by atomic mass is 10.2. The van der Waals surface area contributed by atoms with Crippen LogP contribution in [0.5, 0.6) is 0 Å². The van der Waals surface area contributed by atoms with Gasteiger partial charge in [0.2, 0.25) is 0 Å². The normalized spacial score (nSPS) is 8.55. The molecule has 1 rings (SSSR count). The standard InChI is InChI=1S/C10H11N/c1-3-8-11-10-6-4-9(2)5-7-10/h3-7H,1-2H3. The number of aliphatic imine (C=N–C) groups is 1. The van der Waals surface area contributed by atoms with Crippen molar-refractivity contribution >= 4 is 11.6 Å². The Kier molecular flexibility index (Phi) is 2.65. The molecule has 0 aliphatic heterocycles. The van der Waals surface area contributed by atoms with E-state index in [2.05, 4.69) is 17.8 Å². The summed E-state index contributed by atoms with van der Waals surface area (Å²) in [6.45, 7) is 3.96. The maximum absolute atomic E-state index is 4.06. The Morgan fingerprint density at radius 3 is 2.45 bits per heavy atom. The molecule has 1 nitrogen and oxygen atoms in total. The molecule has 56 valence electrons. The van der Waals surface area contributed by atoms with Crippen molar-refractivity contribution in [2.75, 3.05) is 0 Å². The number of hydrogen-bond acceptors (Lipinski definition) is 1. The zero-order valence-corrected chi connectivity index (χ0v) is 6.83. The van der Waals surface area contributed by atoms with Crippen molar-refractivity contribution in [3.05, 3.63) is 35.9 Å². The van der Waals surface area contributed by atoms with Gasteiger partial charge >= 0.3 is 0 Å². The van der Waals surface area contributed by atoms with Crippen LogP contribution in [-0.2, 0) is 0 Å². The molecule has 0 amide bonds. The van der Waals surface area contributed by atoms with Crippen molar-refractivity contribution in [1.29, 1.82) is 0 Å². The highest BCUT2D eigenvalue weighted by Gasteiger charge is 1.84. The largest absolute Gasteiger partial charge is 0.207 e. The number of rotatable bonds is 1. The molecule has 1 aromatic carbocycles. The average Bonchev–Trinajstić information content (AvgIpc) is 2.04. The second kappa shape index (κ2) is 3.75. The zero-order chi connectivity index (χ0) is 8.10. The van der Waals surface area contributed by atoms with E-state index in [4.69, 9.17) is 0 Å². The minimum Gasteiger partial charge on any atom is -0.207 e. The Morgan fingerprint density at radius 1 is 1.27 bits per heavy atom. The van der Waals surface area contributed by atoms with E-state index < -0.39 is 0 Å². The lowest BCUT2D eigenvalue weighted by Gasteiger charge is -1.90. The molecule has 0 saturated carbocycles. The fourth-order valence-electron chi connectivity index (χ4n) is 0.758. The third kappa shape index (κ3) is 2.40. The Hall–Kier alpha value is -1.33. The first-order valence-corrected chi connectivity index (χ1v) is 3.63. The summed E-state index contributed by atoms with van der Waals surface area (Å²) in [4.78, 5) is 4.06. The van der Waals surface area contributed by atoms with Crippen LogP contribution in [0.3, 0.4) is 0 Å². The topological polar surface area (TPSA) is 12.4 Å². The Balaban J connectivity index is 2.90. The van der Waals surface area contributed by atoms with Gasteiger partial charge in [-0.05, 0) is 37.9 Å². The van der Waals surface area contributed by atoms with Crippen molar-refractivity contribution in [3.8, 4) is 0 Å². The molecule has 0 aliphatic rings. The van der Waals surface area contributed by atoms with Crippen LogP contribution in [0, 0.1) is 6.92 Å². The van der Waals surface area contributed by atoms with E-state index in [-0.39, 0.29) is 0 Å². The maximum atomic E-state index is 4.06. The smallest absolute Gasteiger partial charge is 0.0729 e. The molecular formula is C10H11N. The highest BCUT2D eigenvalue weighted by atomic mass is 14.7. The van der Waals surface area contributed by atoms with Gasteiger partial charge in [0.15, 0.2) is 0 Å². The van der Waals surface area contributed by atoms with E-state index >= 15 is 0 Å². The van der Waals surface area contributed by atoms with Crippen LogP contribution in [0.15, 0.2) is 35.3 Å². The van der Waals surface area contributed by atoms with Gasteiger partial charge in [0.05, 0.1) is 5.69 Å². The van der Waals surface area contributed by atoms with Crippen LogP contribution in [0.4, 0.5) is 5.69 Å². The Morgan fingerprint density at radius 2 is 1.91 bits per heavy atom. The first kappa shape index (κ1) is 7.77. The van der Waals surface area contributed by atoms with Crippen LogP contribution < -0.4 is 0 Å². The minimum absolute atomic E-state index is 0.953. The fraction of sp³-hybridized carbons (Fsp3) is 0.200. The minimum atomic E-state index is 0.953. The van der Waals surface area contributed by atoms with E-state index in [1.165, 1.54) is 5.56 Å². The SMILES string of the molecule is CC=C=Nc1ccc(C)cc1. The van der Waals surface area contributed by atoms with Crippen molar-refractivity contribution in [1.82, 2.24) is 0 Å². The summed E-state index contributed by atoms with van der Waals surface area (Å²) in [6, 6.07) is 8.03. The van der Waals surface area contributed by atoms with E-state index in [9.17, 15) is 0 Å². The Labute approximate surface area is 67.1 Å². The molecule has 0 saturated heterocycles. The lowest BCUT2D eigenvalue weighted by molar-refractivity contribution is 1.44. The highest BCUT2D eigenvalue weighted by Crippen LogP contribution is 2.10. The average molecular weight is 145 g/mol. The second-order valence-electron chi connectivity index (χ2n) is 2.37. The first-order valence-electron chi connectivity index (χ1n) is 3.63. The molecule has 11 heavy (non-hydrogen) atoms. The summed E-state index contributed by atoms with van der Waals surface area (Å²) >= 11 is 0. The van der Waals surface area contributed by atoms with Gasteiger partial charge in [0.25, 0.3) is 0 Å². The summed E-state index contributed by atoms with van der Waals surface area (Å²) in [5, 5.41) is 0. The maximum Gasteiger partial charge on any atom is 0.0729 e. The molecule has 0 atom stereocenters. The van der Waals surface area contributed by atoms with Crippen LogP contribution in [0.25, 0.3) is 0 Å². The van der Waals surface area contributed by atoms with Crippen LogP contribution in [0.1, 0.15) is 12.5 Å². The monoisotopic (exact) mass is 145 g/mol. The van der Waals surface area contributed by atoms with E-state index in [1.54, 1.807) is 6.08 Å². The predicted octanol–water partition coefficient (Wildman–Crippen LogP) is 2.87. The quantitative estimate of drug-likeness (QED) is 0.539. The summed E-state index contributed by atoms with van der Waals surface area (Å²) in [5.74, 6) is 2.78. The molecule has 0 spiro atoms. The van der Waals surface area contributed by atoms with Gasteiger partial charge in [-0.25, -0.2) is 4.99 Å². The fourth-order valence-corrected chi connectivity index (χ4v) is 0.758. The van der Waals surface area contributed by atoms with Gasteiger partial charge in [0, 0.05) is 0 Å². The molecule has 0 radical (unpaired) electrons. The van der Waals surface area contributed by atoms with Crippen molar-refractivity contribution in [2.45, 2.75) is 13.8 Å². The summed E-state index contributed by atoms with van der Waals surface area (Å²) in [5.41, 5.74) is 2.21. The molecular weight excluding hydrogens is 134 g/mol. The van der Waals surface area contributed by atoms with E-state index in [1.807, 2.05) is 31.2 Å². The van der Waals surface area contributed by atoms with Gasteiger partial charge < -0.3 is 0 Å². The van der Waals surface area contributed by atoms with Crippen molar-refractivity contribution in [2.24, 2.45) is 4.99 Å². The van der Waals surface area contributed by atoms with Gasteiger partial charge in [-0.15, -0.1) is 0 Å². The van der Waals surface area contributed by atoms with Crippen molar-refractivity contribution < 1.29 is 0 Å². The Bertz CT molecular complexity index is 276. The van der Waals surface area contributed by atoms with E-state index in [0.29, 0.717) is 0 Å². The zero-order valence-electron chi connectivity index (χ0n) is 6.83. The molecule has 0 bridgehead atoms. The summed E-state index contributed by atoms with van der Waals surface area (Å²) < 4.78 is 0. The predicted molar refractivity (Wildman–Crippen MR) is 48.5 cm³/mol. The molecule has 1 heteroatoms. The van der Waals surface area contributed by atoms with Gasteiger partial charge in [-0.3, -0.25) is 0 Å². The van der Waals surface area contributed by atoms with Crippen LogP contribution >= 0.6 is 0 Å². The third-order valence-corrected chi connectivity index (χ3v) is 1.36. The van der Waals surface area contributed by atoms with Crippen LogP contribution in [-0.4, -0.2) is 5.87 Å². The number of nitrogens with zero attached hydrogens (tertiary/aromatic N) is 1. The number of aryl methyl sites for hydroxylation is 1. The van der Waals surface area contributed by atoms with Crippen molar-refractivity contribution in [3.63, 3.8) is 0 Å². The molecule has 0 heterocycles. The van der Waals surface area contributed by atoms with Gasteiger partial charge in [-0.1, -0.05) is 17.7 Å². The van der Waals surface area contributed by atoms with E-state index in [0.717, 1.165) is 5.69 Å². The summed E-state index contributed by atoms with van der Waals surface area (Å²) in [7, 11) is 0. The summed E-state index contributed by atoms with van der Waals surface area (Å²) in [6.07, 6.45) is 1.79. The molecule has 1 aromatic rings. The first-order chi connectivity index (χ1) is 5.33. The molecule has 0 unspecified atom stereocenters. The molecule has 0 aromatic heterocycles. The van der Waals surface area contributed by atoms with Crippen LogP contribution in [0.2, 0.25) is 0 Å². The molecule has 0 N–H and O–H groups in total. The second-order valence-corrected chi connectivity index (χ2v) is 2.37. The van der Waals surface area contributed by atoms with Gasteiger partial charge in [0.1, 0.15) is 0 Å². The lowest BCUT2D eigenvalue weighted by Crippen LogP contribution is -1.67. The number of allylic oxidation sites excluding steroid dienone is 1. The molecule has 0 fully saturated rings. The third-order valence-electron chi connectivity index (χ3n) is 1.36. The number of benzene rings is 1. The molecule has 0 aliphatic carbocycles. The highest BCUT2D eigenvalue weighted by molar-refractivity contribution is 5.58. The number of hydrogen-bond donors (Lipinski definition) is 0. The van der Waals surface area contributed by atoms with Gasteiger partial charge in [-0.2, -0.15) is 0 Å².